The molecule has 3 aromatic heterocycles. The number of hydrogen-bond acceptors (Lipinski definition) is 15. The summed E-state index contributed by atoms with van der Waals surface area (Å²) in [6.45, 7) is 16.3. The third-order valence-electron chi connectivity index (χ3n) is 12.1. The molecule has 3 aromatic carbocycles. The van der Waals surface area contributed by atoms with Crippen LogP contribution in [0.1, 0.15) is 75.9 Å². The lowest BCUT2D eigenvalue weighted by Gasteiger charge is -2.34. The van der Waals surface area contributed by atoms with Gasteiger partial charge in [-0.3, -0.25) is 9.69 Å². The zero-order chi connectivity index (χ0) is 55.8. The van der Waals surface area contributed by atoms with E-state index in [4.69, 9.17) is 35.3 Å². The number of amides is 1. The number of hydrogen-bond donors (Lipinski definition) is 1. The van der Waals surface area contributed by atoms with Crippen molar-refractivity contribution < 1.29 is 60.7 Å². The fourth-order valence-corrected chi connectivity index (χ4v) is 9.71. The predicted octanol–water partition coefficient (Wildman–Crippen LogP) is 10.8. The fourth-order valence-electron chi connectivity index (χ4n) is 8.33. The van der Waals surface area contributed by atoms with E-state index in [9.17, 15) is 37.1 Å². The summed E-state index contributed by atoms with van der Waals surface area (Å²) in [6, 6.07) is 15.6. The van der Waals surface area contributed by atoms with E-state index in [2.05, 4.69) is 36.8 Å². The molecular formula is C55H62ClF4N7O9S. The normalized spacial score (nSPS) is 14.0. The Kier molecular flexibility index (Phi) is 18.7. The van der Waals surface area contributed by atoms with Crippen molar-refractivity contribution in [3.63, 3.8) is 0 Å². The monoisotopic (exact) mass is 1110 g/mol. The van der Waals surface area contributed by atoms with E-state index >= 15 is 0 Å². The molecule has 0 aliphatic carbocycles. The minimum atomic E-state index is -4.44. The van der Waals surface area contributed by atoms with Gasteiger partial charge in [-0.2, -0.15) is 18.2 Å². The molecule has 4 heterocycles. The van der Waals surface area contributed by atoms with Gasteiger partial charge in [0.1, 0.15) is 47.1 Å². The third-order valence-corrected chi connectivity index (χ3v) is 13.8. The number of carboxylic acids is 1. The molecule has 1 amide bonds. The molecule has 7 rings (SSSR count). The molecule has 0 spiro atoms. The highest BCUT2D eigenvalue weighted by molar-refractivity contribution is 7.22. The number of carbonyl (C=O) groups is 3. The van der Waals surface area contributed by atoms with E-state index in [1.54, 1.807) is 56.0 Å². The summed E-state index contributed by atoms with van der Waals surface area (Å²) in [6.07, 6.45) is -5.71. The molecule has 77 heavy (non-hydrogen) atoms. The van der Waals surface area contributed by atoms with Gasteiger partial charge in [0.15, 0.2) is 0 Å². The van der Waals surface area contributed by atoms with Gasteiger partial charge in [-0.1, -0.05) is 48.0 Å². The van der Waals surface area contributed by atoms with E-state index in [-0.39, 0.29) is 49.3 Å². The Balaban J connectivity index is 1.24. The van der Waals surface area contributed by atoms with E-state index < -0.39 is 60.4 Å². The van der Waals surface area contributed by atoms with Crippen LogP contribution in [0.15, 0.2) is 73.2 Å². The second-order valence-corrected chi connectivity index (χ2v) is 22.0. The Morgan fingerprint density at radius 1 is 0.883 bits per heavy atom. The standard InChI is InChI=1S/C55H62ClF4N7O9S/c1-33-40(15-12-36(46(33)56)30-67(52(71)76-54(5,6)7)25-24-66-22-20-65(8)21-23-66)44-45-48(62-32-63-49(45)77-47(44)35-10-13-38(57)14-11-35)74-42(50(69)70)29-37-27-34(28-43(68)75-53(2,3)4)9-16-41(37)73-31-39-17-19-61-51(64-39)72-26-18-55(58,59)60/h9-17,19,27,32,42H,18,20-26,28-31H2,1-8H3,(H,69,70). The lowest BCUT2D eigenvalue weighted by molar-refractivity contribution is -0.154. The molecule has 0 bridgehead atoms. The number of alkyl halides is 3. The number of aromatic nitrogens is 4. The molecule has 1 saturated heterocycles. The number of piperazine rings is 1. The highest BCUT2D eigenvalue weighted by atomic mass is 35.5. The van der Waals surface area contributed by atoms with Crippen LogP contribution < -0.4 is 14.2 Å². The Bertz CT molecular complexity index is 3050. The van der Waals surface area contributed by atoms with Crippen molar-refractivity contribution in [3.05, 3.63) is 112 Å². The highest BCUT2D eigenvalue weighted by Gasteiger charge is 2.31. The highest BCUT2D eigenvalue weighted by Crippen LogP contribution is 2.49. The lowest BCUT2D eigenvalue weighted by Crippen LogP contribution is -2.48. The number of rotatable bonds is 20. The smallest absolute Gasteiger partial charge is 0.410 e. The second-order valence-electron chi connectivity index (χ2n) is 20.6. The van der Waals surface area contributed by atoms with E-state index in [0.717, 1.165) is 26.2 Å². The molecule has 1 aliphatic rings. The van der Waals surface area contributed by atoms with Crippen LogP contribution in [-0.2, 0) is 45.1 Å². The maximum absolute atomic E-state index is 14.5. The molecule has 16 nitrogen and oxygen atoms in total. The zero-order valence-electron chi connectivity index (χ0n) is 44.1. The van der Waals surface area contributed by atoms with Gasteiger partial charge in [0.2, 0.25) is 12.0 Å². The van der Waals surface area contributed by atoms with E-state index in [0.29, 0.717) is 72.2 Å². The Labute approximate surface area is 453 Å². The third kappa shape index (κ3) is 16.4. The average molecular weight is 1110 g/mol. The summed E-state index contributed by atoms with van der Waals surface area (Å²) in [4.78, 5) is 64.6. The topological polar surface area (TPSA) is 179 Å². The first-order chi connectivity index (χ1) is 36.3. The summed E-state index contributed by atoms with van der Waals surface area (Å²) in [5, 5.41) is 11.6. The number of halogens is 5. The van der Waals surface area contributed by atoms with Gasteiger partial charge >= 0.3 is 30.2 Å². The second kappa shape index (κ2) is 24.8. The average Bonchev–Trinajstić information content (AvgIpc) is 3.79. The number of carbonyl (C=O) groups excluding carboxylic acids is 2. The summed E-state index contributed by atoms with van der Waals surface area (Å²) in [5.74, 6) is -2.27. The molecule has 0 saturated carbocycles. The minimum absolute atomic E-state index is 0.0898. The molecule has 1 fully saturated rings. The first kappa shape index (κ1) is 58.0. The maximum atomic E-state index is 14.5. The van der Waals surface area contributed by atoms with Crippen molar-refractivity contribution in [2.45, 2.75) is 104 Å². The van der Waals surface area contributed by atoms with Gasteiger partial charge in [0.05, 0.1) is 30.5 Å². The van der Waals surface area contributed by atoms with Gasteiger partial charge in [-0.15, -0.1) is 11.3 Å². The van der Waals surface area contributed by atoms with Crippen LogP contribution in [0, 0.1) is 12.7 Å². The summed E-state index contributed by atoms with van der Waals surface area (Å²) in [5.41, 5.74) is 2.54. The van der Waals surface area contributed by atoms with Crippen LogP contribution in [0.4, 0.5) is 22.4 Å². The van der Waals surface area contributed by atoms with Gasteiger partial charge in [-0.25, -0.2) is 28.9 Å². The minimum Gasteiger partial charge on any atom is -0.487 e. The molecule has 1 N–H and O–H groups in total. The van der Waals surface area contributed by atoms with Crippen molar-refractivity contribution in [2.24, 2.45) is 0 Å². The van der Waals surface area contributed by atoms with E-state index in [1.165, 1.54) is 42.1 Å². The number of esters is 1. The number of carboxylic acid groups (broad SMARTS) is 1. The molecular weight excluding hydrogens is 1050 g/mol. The molecule has 6 aromatic rings. The van der Waals surface area contributed by atoms with Crippen LogP contribution in [0.5, 0.6) is 17.6 Å². The van der Waals surface area contributed by atoms with Crippen LogP contribution in [0.2, 0.25) is 5.02 Å². The van der Waals surface area contributed by atoms with Gasteiger partial charge in [-0.05, 0) is 113 Å². The van der Waals surface area contributed by atoms with Crippen molar-refractivity contribution in [2.75, 3.05) is 52.9 Å². The lowest BCUT2D eigenvalue weighted by atomic mass is 9.94. The summed E-state index contributed by atoms with van der Waals surface area (Å²) >= 11 is 8.57. The van der Waals surface area contributed by atoms with Gasteiger partial charge in [0.25, 0.3) is 0 Å². The van der Waals surface area contributed by atoms with Crippen molar-refractivity contribution in [3.8, 4) is 39.2 Å². The van der Waals surface area contributed by atoms with Crippen molar-refractivity contribution >= 4 is 51.2 Å². The molecule has 412 valence electrons. The van der Waals surface area contributed by atoms with Crippen molar-refractivity contribution in [1.29, 1.82) is 0 Å². The number of benzene rings is 3. The van der Waals surface area contributed by atoms with E-state index in [1.807, 2.05) is 39.8 Å². The number of ether oxygens (including phenoxy) is 5. The van der Waals surface area contributed by atoms with Crippen LogP contribution >= 0.6 is 22.9 Å². The molecule has 1 unspecified atom stereocenters. The number of likely N-dealkylation sites (N-methyl/N-ethyl adjacent to an activating group) is 1. The first-order valence-corrected chi connectivity index (χ1v) is 26.1. The largest absolute Gasteiger partial charge is 0.487 e. The van der Waals surface area contributed by atoms with Crippen LogP contribution in [-0.4, -0.2) is 134 Å². The van der Waals surface area contributed by atoms with Gasteiger partial charge < -0.3 is 38.6 Å². The maximum Gasteiger partial charge on any atom is 0.410 e. The Hall–Kier alpha value is -6.68. The summed E-state index contributed by atoms with van der Waals surface area (Å²) in [7, 11) is 2.08. The SMILES string of the molecule is Cc1c(-c2c(-c3ccc(F)cc3)sc3ncnc(OC(Cc4cc(CC(=O)OC(C)(C)C)ccc4OCc4ccnc(OCCC(F)(F)F)n4)C(=O)O)c23)ccc(CN(CCN2CCN(C)CC2)C(=O)OC(C)(C)C)c1Cl. The summed E-state index contributed by atoms with van der Waals surface area (Å²) < 4.78 is 82.0. The number of thiophene rings is 1. The fraction of sp³-hybridized carbons (Fsp3) is 0.436. The van der Waals surface area contributed by atoms with Crippen LogP contribution in [0.3, 0.4) is 0 Å². The first-order valence-electron chi connectivity index (χ1n) is 24.9. The zero-order valence-corrected chi connectivity index (χ0v) is 45.7. The quantitative estimate of drug-likeness (QED) is 0.0563. The molecule has 22 heteroatoms. The van der Waals surface area contributed by atoms with Crippen LogP contribution in [0.25, 0.3) is 31.8 Å². The van der Waals surface area contributed by atoms with Crippen molar-refractivity contribution in [1.82, 2.24) is 34.6 Å². The number of fused-ring (bicyclic) bond motifs is 1. The number of aliphatic carboxylic acids is 1. The predicted molar refractivity (Wildman–Crippen MR) is 283 cm³/mol. The molecule has 1 atom stereocenters. The Morgan fingerprint density at radius 3 is 2.27 bits per heavy atom. The molecule has 1 aliphatic heterocycles. The number of nitrogens with zero attached hydrogens (tertiary/aromatic N) is 7. The molecule has 0 radical (unpaired) electrons. The Morgan fingerprint density at radius 2 is 1.60 bits per heavy atom. The van der Waals surface area contributed by atoms with Gasteiger partial charge in [0, 0.05) is 67.3 Å².